The molecule has 17 heavy (non-hydrogen) atoms. The zero-order valence-corrected chi connectivity index (χ0v) is 11.2. The van der Waals surface area contributed by atoms with E-state index in [1.54, 1.807) is 17.3 Å². The molecule has 0 unspecified atom stereocenters. The van der Waals surface area contributed by atoms with Crippen LogP contribution >= 0.6 is 0 Å². The van der Waals surface area contributed by atoms with Gasteiger partial charge < -0.3 is 4.90 Å². The molecule has 1 saturated carbocycles. The highest BCUT2D eigenvalue weighted by Crippen LogP contribution is 2.68. The summed E-state index contributed by atoms with van der Waals surface area (Å²) in [6, 6.07) is 3.76. The van der Waals surface area contributed by atoms with Crippen molar-refractivity contribution in [2.45, 2.75) is 27.7 Å². The molecule has 2 rings (SSSR count). The molecule has 1 amide bonds. The fourth-order valence-corrected chi connectivity index (χ4v) is 2.69. The van der Waals surface area contributed by atoms with E-state index in [1.165, 1.54) is 0 Å². The third-order valence-corrected chi connectivity index (χ3v) is 4.63. The van der Waals surface area contributed by atoms with Crippen LogP contribution in [0, 0.1) is 16.7 Å². The summed E-state index contributed by atoms with van der Waals surface area (Å²) in [6.07, 6.45) is 3.44. The van der Waals surface area contributed by atoms with Crippen molar-refractivity contribution in [3.05, 3.63) is 24.5 Å². The first kappa shape index (κ1) is 12.1. The SMILES string of the molecule is CN(C(=O)C1C(C)(C)C1(C)C)c1cccnc1. The molecule has 0 aliphatic heterocycles. The Hall–Kier alpha value is -1.38. The van der Waals surface area contributed by atoms with Gasteiger partial charge in [-0.3, -0.25) is 9.78 Å². The van der Waals surface area contributed by atoms with Gasteiger partial charge >= 0.3 is 0 Å². The Balaban J connectivity index is 2.19. The normalized spacial score (nSPS) is 21.0. The van der Waals surface area contributed by atoms with Crippen LogP contribution < -0.4 is 4.90 Å². The molecule has 0 saturated heterocycles. The molecular weight excluding hydrogens is 212 g/mol. The Labute approximate surface area is 103 Å². The van der Waals surface area contributed by atoms with Gasteiger partial charge in [-0.05, 0) is 23.0 Å². The summed E-state index contributed by atoms with van der Waals surface area (Å²) in [4.78, 5) is 18.2. The summed E-state index contributed by atoms with van der Waals surface area (Å²) in [6.45, 7) is 8.64. The number of carbonyl (C=O) groups excluding carboxylic acids is 1. The molecule has 0 aromatic carbocycles. The molecule has 0 N–H and O–H groups in total. The lowest BCUT2D eigenvalue weighted by Crippen LogP contribution is -2.30. The van der Waals surface area contributed by atoms with Crippen molar-refractivity contribution < 1.29 is 4.79 Å². The van der Waals surface area contributed by atoms with Crippen molar-refractivity contribution in [2.24, 2.45) is 16.7 Å². The van der Waals surface area contributed by atoms with Gasteiger partial charge in [0.15, 0.2) is 0 Å². The number of hydrogen-bond acceptors (Lipinski definition) is 2. The summed E-state index contributed by atoms with van der Waals surface area (Å²) in [5.41, 5.74) is 1.03. The zero-order chi connectivity index (χ0) is 12.8. The molecule has 1 aromatic rings. The highest BCUT2D eigenvalue weighted by Gasteiger charge is 2.68. The Morgan fingerprint density at radius 1 is 1.29 bits per heavy atom. The number of carbonyl (C=O) groups is 1. The van der Waals surface area contributed by atoms with E-state index in [0.717, 1.165) is 5.69 Å². The first-order valence-electron chi connectivity index (χ1n) is 5.97. The summed E-state index contributed by atoms with van der Waals surface area (Å²) in [5.74, 6) is 0.285. The van der Waals surface area contributed by atoms with Crippen LogP contribution in [0.5, 0.6) is 0 Å². The van der Waals surface area contributed by atoms with Crippen LogP contribution in [0.2, 0.25) is 0 Å². The minimum atomic E-state index is 0.0839. The largest absolute Gasteiger partial charge is 0.314 e. The molecule has 1 heterocycles. The highest BCUT2D eigenvalue weighted by molar-refractivity contribution is 5.97. The van der Waals surface area contributed by atoms with Gasteiger partial charge in [0.1, 0.15) is 0 Å². The van der Waals surface area contributed by atoms with Crippen LogP contribution in [0.3, 0.4) is 0 Å². The summed E-state index contributed by atoms with van der Waals surface area (Å²) >= 11 is 0. The molecule has 0 radical (unpaired) electrons. The van der Waals surface area contributed by atoms with Crippen molar-refractivity contribution >= 4 is 11.6 Å². The highest BCUT2D eigenvalue weighted by atomic mass is 16.2. The molecule has 1 aromatic heterocycles. The van der Waals surface area contributed by atoms with Crippen LogP contribution in [0.4, 0.5) is 5.69 Å². The second-order valence-electron chi connectivity index (χ2n) is 5.98. The first-order valence-corrected chi connectivity index (χ1v) is 5.97. The number of rotatable bonds is 2. The monoisotopic (exact) mass is 232 g/mol. The van der Waals surface area contributed by atoms with Gasteiger partial charge in [0.25, 0.3) is 0 Å². The van der Waals surface area contributed by atoms with Crippen molar-refractivity contribution in [1.29, 1.82) is 0 Å². The van der Waals surface area contributed by atoms with Crippen molar-refractivity contribution in [2.75, 3.05) is 11.9 Å². The van der Waals surface area contributed by atoms with Crippen LogP contribution in [0.1, 0.15) is 27.7 Å². The standard InChI is InChI=1S/C14H20N2O/c1-13(2)11(14(13,3)4)12(17)16(5)10-7-6-8-15-9-10/h6-9,11H,1-5H3. The summed E-state index contributed by atoms with van der Waals surface area (Å²) in [5, 5.41) is 0. The molecule has 0 bridgehead atoms. The van der Waals surface area contributed by atoms with E-state index in [-0.39, 0.29) is 22.7 Å². The second kappa shape index (κ2) is 3.56. The lowest BCUT2D eigenvalue weighted by Gasteiger charge is -2.17. The van der Waals surface area contributed by atoms with Crippen LogP contribution in [-0.4, -0.2) is 17.9 Å². The Bertz CT molecular complexity index is 423. The Morgan fingerprint density at radius 2 is 1.88 bits per heavy atom. The lowest BCUT2D eigenvalue weighted by molar-refractivity contribution is -0.120. The summed E-state index contributed by atoms with van der Waals surface area (Å²) in [7, 11) is 1.82. The molecule has 1 aliphatic carbocycles. The van der Waals surface area contributed by atoms with E-state index >= 15 is 0 Å². The number of nitrogens with zero attached hydrogens (tertiary/aromatic N) is 2. The average molecular weight is 232 g/mol. The quantitative estimate of drug-likeness (QED) is 0.785. The van der Waals surface area contributed by atoms with Crippen molar-refractivity contribution in [3.8, 4) is 0 Å². The first-order chi connectivity index (χ1) is 7.80. The van der Waals surface area contributed by atoms with Gasteiger partial charge in [-0.2, -0.15) is 0 Å². The van der Waals surface area contributed by atoms with Gasteiger partial charge in [-0.15, -0.1) is 0 Å². The molecule has 0 atom stereocenters. The topological polar surface area (TPSA) is 33.2 Å². The van der Waals surface area contributed by atoms with Crippen LogP contribution in [-0.2, 0) is 4.79 Å². The molecule has 1 aliphatic rings. The van der Waals surface area contributed by atoms with E-state index in [0.29, 0.717) is 0 Å². The molecule has 3 heteroatoms. The third kappa shape index (κ3) is 1.65. The number of anilines is 1. The maximum absolute atomic E-state index is 12.4. The third-order valence-electron chi connectivity index (χ3n) is 4.63. The van der Waals surface area contributed by atoms with Crippen molar-refractivity contribution in [3.63, 3.8) is 0 Å². The second-order valence-corrected chi connectivity index (χ2v) is 5.98. The van der Waals surface area contributed by atoms with Gasteiger partial charge in [0, 0.05) is 19.2 Å². The van der Waals surface area contributed by atoms with Gasteiger partial charge in [0.05, 0.1) is 11.9 Å². The Morgan fingerprint density at radius 3 is 2.29 bits per heavy atom. The molecule has 0 spiro atoms. The fraction of sp³-hybridized carbons (Fsp3) is 0.571. The number of hydrogen-bond donors (Lipinski definition) is 0. The van der Waals surface area contributed by atoms with Gasteiger partial charge in [-0.1, -0.05) is 27.7 Å². The van der Waals surface area contributed by atoms with E-state index in [2.05, 4.69) is 32.7 Å². The predicted octanol–water partition coefficient (Wildman–Crippen LogP) is 2.73. The fourth-order valence-electron chi connectivity index (χ4n) is 2.69. The number of pyridine rings is 1. The number of aromatic nitrogens is 1. The smallest absolute Gasteiger partial charge is 0.231 e. The minimum absolute atomic E-state index is 0.0839. The molecule has 1 fully saturated rings. The van der Waals surface area contributed by atoms with Crippen molar-refractivity contribution in [1.82, 2.24) is 4.98 Å². The molecular formula is C14H20N2O. The van der Waals surface area contributed by atoms with E-state index in [1.807, 2.05) is 19.2 Å². The number of amides is 1. The maximum Gasteiger partial charge on any atom is 0.231 e. The zero-order valence-electron chi connectivity index (χ0n) is 11.2. The van der Waals surface area contributed by atoms with E-state index in [4.69, 9.17) is 0 Å². The van der Waals surface area contributed by atoms with Crippen LogP contribution in [0.25, 0.3) is 0 Å². The minimum Gasteiger partial charge on any atom is -0.314 e. The lowest BCUT2D eigenvalue weighted by atomic mass is 10.0. The predicted molar refractivity (Wildman–Crippen MR) is 68.7 cm³/mol. The maximum atomic E-state index is 12.4. The van der Waals surface area contributed by atoms with Gasteiger partial charge in [-0.25, -0.2) is 0 Å². The summed E-state index contributed by atoms with van der Waals surface area (Å²) < 4.78 is 0. The average Bonchev–Trinajstić information content (AvgIpc) is 2.69. The Kier molecular flexibility index (Phi) is 2.53. The van der Waals surface area contributed by atoms with Crippen LogP contribution in [0.15, 0.2) is 24.5 Å². The van der Waals surface area contributed by atoms with E-state index < -0.39 is 0 Å². The molecule has 3 nitrogen and oxygen atoms in total. The van der Waals surface area contributed by atoms with Gasteiger partial charge in [0.2, 0.25) is 5.91 Å². The van der Waals surface area contributed by atoms with E-state index in [9.17, 15) is 4.79 Å². The molecule has 92 valence electrons.